The summed E-state index contributed by atoms with van der Waals surface area (Å²) in [6.07, 6.45) is 5.46. The summed E-state index contributed by atoms with van der Waals surface area (Å²) in [6, 6.07) is 0. The van der Waals surface area contributed by atoms with E-state index in [4.69, 9.17) is 4.42 Å². The van der Waals surface area contributed by atoms with Crippen molar-refractivity contribution in [3.8, 4) is 0 Å². The monoisotopic (exact) mass is 224 g/mol. The molecule has 0 radical (unpaired) electrons. The maximum Gasteiger partial charge on any atom is 0.194 e. The molecule has 3 nitrogen and oxygen atoms in total. The Morgan fingerprint density at radius 3 is 3.13 bits per heavy atom. The SMILES string of the molecule is c1oc(CC2CNC2)nc1C1CCCS1. The molecule has 15 heavy (non-hydrogen) atoms. The van der Waals surface area contributed by atoms with Gasteiger partial charge in [0.25, 0.3) is 0 Å². The van der Waals surface area contributed by atoms with Gasteiger partial charge < -0.3 is 9.73 Å². The van der Waals surface area contributed by atoms with Crippen LogP contribution in [0.2, 0.25) is 0 Å². The molecule has 0 saturated carbocycles. The summed E-state index contributed by atoms with van der Waals surface area (Å²) < 4.78 is 5.53. The van der Waals surface area contributed by atoms with E-state index in [0.717, 1.165) is 31.3 Å². The Balaban J connectivity index is 1.64. The molecule has 1 aromatic rings. The summed E-state index contributed by atoms with van der Waals surface area (Å²) in [6.45, 7) is 2.24. The minimum atomic E-state index is 0.599. The molecule has 1 atom stereocenters. The van der Waals surface area contributed by atoms with Gasteiger partial charge in [0.2, 0.25) is 0 Å². The summed E-state index contributed by atoms with van der Waals surface area (Å²) >= 11 is 2.01. The standard InChI is InChI=1S/C11H16N2OS/c1-2-10(15-3-1)9-7-14-11(13-9)4-8-5-12-6-8/h7-8,10,12H,1-6H2. The second-order valence-corrected chi connectivity index (χ2v) is 5.71. The van der Waals surface area contributed by atoms with Crippen LogP contribution in [0.5, 0.6) is 0 Å². The number of rotatable bonds is 3. The second kappa shape index (κ2) is 4.18. The van der Waals surface area contributed by atoms with E-state index >= 15 is 0 Å². The first-order chi connectivity index (χ1) is 7.42. The molecule has 0 bridgehead atoms. The van der Waals surface area contributed by atoms with Crippen LogP contribution in [0.25, 0.3) is 0 Å². The topological polar surface area (TPSA) is 38.1 Å². The molecular formula is C11H16N2OS. The maximum atomic E-state index is 5.53. The summed E-state index contributed by atoms with van der Waals surface area (Å²) in [7, 11) is 0. The fraction of sp³-hybridized carbons (Fsp3) is 0.727. The van der Waals surface area contributed by atoms with E-state index in [2.05, 4.69) is 10.3 Å². The predicted octanol–water partition coefficient (Wildman–Crippen LogP) is 2.00. The largest absolute Gasteiger partial charge is 0.449 e. The number of nitrogens with one attached hydrogen (secondary N) is 1. The van der Waals surface area contributed by atoms with Crippen LogP contribution >= 0.6 is 11.8 Å². The van der Waals surface area contributed by atoms with E-state index in [9.17, 15) is 0 Å². The number of hydrogen-bond donors (Lipinski definition) is 1. The van der Waals surface area contributed by atoms with Crippen LogP contribution in [0.15, 0.2) is 10.7 Å². The first kappa shape index (κ1) is 9.73. The number of thioether (sulfide) groups is 1. The predicted molar refractivity (Wildman–Crippen MR) is 61.0 cm³/mol. The van der Waals surface area contributed by atoms with Crippen LogP contribution in [0.1, 0.15) is 29.7 Å². The number of hydrogen-bond acceptors (Lipinski definition) is 4. The summed E-state index contributed by atoms with van der Waals surface area (Å²) in [4.78, 5) is 4.60. The molecular weight excluding hydrogens is 208 g/mol. The van der Waals surface area contributed by atoms with Crippen molar-refractivity contribution in [3.63, 3.8) is 0 Å². The molecule has 0 aromatic carbocycles. The van der Waals surface area contributed by atoms with Gasteiger partial charge in [-0.25, -0.2) is 4.98 Å². The highest BCUT2D eigenvalue weighted by Crippen LogP contribution is 2.39. The third-order valence-corrected chi connectivity index (χ3v) is 4.56. The van der Waals surface area contributed by atoms with Crippen LogP contribution in [0.4, 0.5) is 0 Å². The molecule has 2 saturated heterocycles. The van der Waals surface area contributed by atoms with E-state index in [1.807, 2.05) is 18.0 Å². The van der Waals surface area contributed by atoms with Crippen LogP contribution in [-0.4, -0.2) is 23.8 Å². The molecule has 1 aromatic heterocycles. The van der Waals surface area contributed by atoms with Crippen LogP contribution < -0.4 is 5.32 Å². The highest BCUT2D eigenvalue weighted by Gasteiger charge is 2.23. The highest BCUT2D eigenvalue weighted by molar-refractivity contribution is 7.99. The van der Waals surface area contributed by atoms with Crippen molar-refractivity contribution in [2.45, 2.75) is 24.5 Å². The van der Waals surface area contributed by atoms with E-state index in [0.29, 0.717) is 5.25 Å². The molecule has 1 unspecified atom stereocenters. The van der Waals surface area contributed by atoms with Crippen molar-refractivity contribution >= 4 is 11.8 Å². The van der Waals surface area contributed by atoms with Gasteiger partial charge in [-0.2, -0.15) is 11.8 Å². The molecule has 0 aliphatic carbocycles. The molecule has 2 aliphatic heterocycles. The lowest BCUT2D eigenvalue weighted by atomic mass is 10.00. The molecule has 3 rings (SSSR count). The summed E-state index contributed by atoms with van der Waals surface area (Å²) in [5.41, 5.74) is 1.17. The van der Waals surface area contributed by atoms with E-state index in [1.165, 1.54) is 24.3 Å². The Bertz CT molecular complexity index is 329. The Morgan fingerprint density at radius 2 is 2.47 bits per heavy atom. The van der Waals surface area contributed by atoms with Crippen molar-refractivity contribution in [1.82, 2.24) is 10.3 Å². The van der Waals surface area contributed by atoms with Crippen molar-refractivity contribution in [2.75, 3.05) is 18.8 Å². The summed E-state index contributed by atoms with van der Waals surface area (Å²) in [5, 5.41) is 3.87. The van der Waals surface area contributed by atoms with Crippen LogP contribution in [0, 0.1) is 5.92 Å². The van der Waals surface area contributed by atoms with Crippen LogP contribution in [0.3, 0.4) is 0 Å². The third kappa shape index (κ3) is 2.06. The lowest BCUT2D eigenvalue weighted by molar-refractivity contribution is 0.318. The Labute approximate surface area is 94.0 Å². The van der Waals surface area contributed by atoms with Gasteiger partial charge in [0.1, 0.15) is 6.26 Å². The molecule has 1 N–H and O–H groups in total. The van der Waals surface area contributed by atoms with E-state index in [-0.39, 0.29) is 0 Å². The van der Waals surface area contributed by atoms with Gasteiger partial charge in [-0.1, -0.05) is 0 Å². The van der Waals surface area contributed by atoms with Crippen molar-refractivity contribution < 1.29 is 4.42 Å². The van der Waals surface area contributed by atoms with Crippen LogP contribution in [-0.2, 0) is 6.42 Å². The van der Waals surface area contributed by atoms with Crippen molar-refractivity contribution in [3.05, 3.63) is 17.8 Å². The number of oxazole rings is 1. The minimum Gasteiger partial charge on any atom is -0.449 e. The maximum absolute atomic E-state index is 5.53. The average molecular weight is 224 g/mol. The zero-order valence-electron chi connectivity index (χ0n) is 8.74. The Morgan fingerprint density at radius 1 is 1.53 bits per heavy atom. The van der Waals surface area contributed by atoms with Crippen molar-refractivity contribution in [2.24, 2.45) is 5.92 Å². The van der Waals surface area contributed by atoms with Gasteiger partial charge in [0.05, 0.1) is 10.9 Å². The zero-order chi connectivity index (χ0) is 10.1. The lowest BCUT2D eigenvalue weighted by Crippen LogP contribution is -2.43. The van der Waals surface area contributed by atoms with Gasteiger partial charge in [-0.3, -0.25) is 0 Å². The molecule has 2 aliphatic rings. The number of nitrogens with zero attached hydrogens (tertiary/aromatic N) is 1. The highest BCUT2D eigenvalue weighted by atomic mass is 32.2. The molecule has 4 heteroatoms. The Kier molecular flexibility index (Phi) is 2.71. The zero-order valence-corrected chi connectivity index (χ0v) is 9.55. The van der Waals surface area contributed by atoms with Gasteiger partial charge in [-0.05, 0) is 37.6 Å². The van der Waals surface area contributed by atoms with Gasteiger partial charge in [0.15, 0.2) is 5.89 Å². The quantitative estimate of drug-likeness (QED) is 0.852. The first-order valence-electron chi connectivity index (χ1n) is 5.68. The smallest absolute Gasteiger partial charge is 0.194 e. The second-order valence-electron chi connectivity index (χ2n) is 4.40. The fourth-order valence-electron chi connectivity index (χ4n) is 2.12. The molecule has 82 valence electrons. The van der Waals surface area contributed by atoms with Gasteiger partial charge in [-0.15, -0.1) is 0 Å². The number of aromatic nitrogens is 1. The lowest BCUT2D eigenvalue weighted by Gasteiger charge is -2.25. The van der Waals surface area contributed by atoms with E-state index < -0.39 is 0 Å². The van der Waals surface area contributed by atoms with Crippen molar-refractivity contribution in [1.29, 1.82) is 0 Å². The Hall–Kier alpha value is -0.480. The van der Waals surface area contributed by atoms with Gasteiger partial charge >= 0.3 is 0 Å². The average Bonchev–Trinajstić information content (AvgIpc) is 2.82. The molecule has 3 heterocycles. The summed E-state index contributed by atoms with van der Waals surface area (Å²) in [5.74, 6) is 2.95. The van der Waals surface area contributed by atoms with E-state index in [1.54, 1.807) is 0 Å². The molecule has 0 amide bonds. The fourth-order valence-corrected chi connectivity index (χ4v) is 3.35. The van der Waals surface area contributed by atoms with Gasteiger partial charge in [0, 0.05) is 6.42 Å². The normalized spacial score (nSPS) is 26.8. The first-order valence-corrected chi connectivity index (χ1v) is 6.73. The molecule has 0 spiro atoms. The minimum absolute atomic E-state index is 0.599. The molecule has 2 fully saturated rings. The third-order valence-electron chi connectivity index (χ3n) is 3.16.